The number of hydrogen-bond donors (Lipinski definition) is 1. The van der Waals surface area contributed by atoms with E-state index in [1.165, 1.54) is 17.9 Å². The Hall–Kier alpha value is -0.610. The summed E-state index contributed by atoms with van der Waals surface area (Å²) in [5, 5.41) is 10.6. The number of hydroxylamine groups is 2. The summed E-state index contributed by atoms with van der Waals surface area (Å²) in [5.74, 6) is 0.657. The van der Waals surface area contributed by atoms with E-state index in [-0.39, 0.29) is 24.0 Å². The van der Waals surface area contributed by atoms with Crippen LogP contribution in [0.5, 0.6) is 0 Å². The topological polar surface area (TPSA) is 49.8 Å². The second kappa shape index (κ2) is 3.76. The number of rotatable bonds is 4. The van der Waals surface area contributed by atoms with Crippen molar-refractivity contribution < 1.29 is 14.7 Å². The highest BCUT2D eigenvalue weighted by Gasteiger charge is 2.42. The summed E-state index contributed by atoms with van der Waals surface area (Å²) in [6.45, 7) is 4.39. The van der Waals surface area contributed by atoms with Crippen LogP contribution in [0, 0.1) is 11.3 Å². The zero-order valence-corrected chi connectivity index (χ0v) is 9.40. The smallest absolute Gasteiger partial charge is 0.248 e. The second-order valence-corrected chi connectivity index (χ2v) is 5.44. The van der Waals surface area contributed by atoms with Crippen molar-refractivity contribution in [2.24, 2.45) is 11.3 Å². The molecule has 0 radical (unpaired) electrons. The average Bonchev–Trinajstić information content (AvgIpc) is 2.94. The molecular weight excluding hydrogens is 194 g/mol. The van der Waals surface area contributed by atoms with Gasteiger partial charge in [0, 0.05) is 12.0 Å². The molecule has 86 valence electrons. The lowest BCUT2D eigenvalue weighted by Crippen LogP contribution is -2.36. The van der Waals surface area contributed by atoms with Crippen molar-refractivity contribution in [1.82, 2.24) is 5.06 Å². The van der Waals surface area contributed by atoms with Crippen LogP contribution in [0.2, 0.25) is 0 Å². The van der Waals surface area contributed by atoms with E-state index in [4.69, 9.17) is 9.94 Å². The zero-order chi connectivity index (χ0) is 11.1. The van der Waals surface area contributed by atoms with E-state index < -0.39 is 0 Å². The molecule has 0 bridgehead atoms. The van der Waals surface area contributed by atoms with Gasteiger partial charge in [0.2, 0.25) is 5.91 Å². The SMILES string of the molecule is CC(C)(CO)CN1OC(C2CC2)CC1=O. The van der Waals surface area contributed by atoms with Gasteiger partial charge in [-0.05, 0) is 18.8 Å². The highest BCUT2D eigenvalue weighted by Crippen LogP contribution is 2.39. The lowest BCUT2D eigenvalue weighted by atomic mass is 9.95. The fourth-order valence-corrected chi connectivity index (χ4v) is 1.82. The predicted molar refractivity (Wildman–Crippen MR) is 54.8 cm³/mol. The molecule has 1 saturated heterocycles. The monoisotopic (exact) mass is 213 g/mol. The molecule has 2 aliphatic rings. The van der Waals surface area contributed by atoms with Gasteiger partial charge in [-0.1, -0.05) is 13.8 Å². The molecule has 0 aromatic rings. The Morgan fingerprint density at radius 2 is 2.20 bits per heavy atom. The maximum absolute atomic E-state index is 11.6. The van der Waals surface area contributed by atoms with Gasteiger partial charge in [0.05, 0.1) is 19.1 Å². The minimum absolute atomic E-state index is 0.0634. The maximum Gasteiger partial charge on any atom is 0.248 e. The summed E-state index contributed by atoms with van der Waals surface area (Å²) in [6.07, 6.45) is 3.00. The lowest BCUT2D eigenvalue weighted by molar-refractivity contribution is -0.184. The number of amides is 1. The van der Waals surface area contributed by atoms with Gasteiger partial charge in [-0.15, -0.1) is 0 Å². The van der Waals surface area contributed by atoms with E-state index in [1.54, 1.807) is 0 Å². The Labute approximate surface area is 90.2 Å². The summed E-state index contributed by atoms with van der Waals surface area (Å²) >= 11 is 0. The number of hydrogen-bond acceptors (Lipinski definition) is 3. The Bertz CT molecular complexity index is 261. The Kier molecular flexibility index (Phi) is 2.73. The minimum atomic E-state index is -0.284. The molecule has 1 aliphatic carbocycles. The molecule has 4 heteroatoms. The summed E-state index contributed by atoms with van der Waals surface area (Å²) in [7, 11) is 0. The molecule has 1 atom stereocenters. The van der Waals surface area contributed by atoms with Crippen LogP contribution in [-0.2, 0) is 9.63 Å². The first-order chi connectivity index (χ1) is 7.02. The molecule has 2 fully saturated rings. The van der Waals surface area contributed by atoms with Crippen molar-refractivity contribution in [3.05, 3.63) is 0 Å². The lowest BCUT2D eigenvalue weighted by Gasteiger charge is -2.27. The van der Waals surface area contributed by atoms with E-state index in [0.717, 1.165) is 0 Å². The van der Waals surface area contributed by atoms with Gasteiger partial charge < -0.3 is 5.11 Å². The molecule has 1 amide bonds. The molecule has 1 unspecified atom stereocenters. The van der Waals surface area contributed by atoms with E-state index >= 15 is 0 Å². The largest absolute Gasteiger partial charge is 0.396 e. The molecule has 1 N–H and O–H groups in total. The van der Waals surface area contributed by atoms with Gasteiger partial charge in [0.25, 0.3) is 0 Å². The van der Waals surface area contributed by atoms with Gasteiger partial charge in [-0.2, -0.15) is 0 Å². The molecule has 0 aromatic carbocycles. The summed E-state index contributed by atoms with van der Waals surface area (Å²) < 4.78 is 0. The summed E-state index contributed by atoms with van der Waals surface area (Å²) in [4.78, 5) is 17.2. The van der Waals surface area contributed by atoms with Crippen LogP contribution in [0.4, 0.5) is 0 Å². The number of aliphatic hydroxyl groups is 1. The number of nitrogens with zero attached hydrogens (tertiary/aromatic N) is 1. The van der Waals surface area contributed by atoms with Crippen molar-refractivity contribution in [2.45, 2.75) is 39.2 Å². The molecule has 2 rings (SSSR count). The van der Waals surface area contributed by atoms with E-state index in [9.17, 15) is 4.79 Å². The molecule has 1 saturated carbocycles. The zero-order valence-electron chi connectivity index (χ0n) is 9.40. The Morgan fingerprint density at radius 3 is 2.73 bits per heavy atom. The first kappa shape index (κ1) is 10.9. The van der Waals surface area contributed by atoms with Crippen molar-refractivity contribution in [3.8, 4) is 0 Å². The van der Waals surface area contributed by atoms with Crippen LogP contribution >= 0.6 is 0 Å². The fourth-order valence-electron chi connectivity index (χ4n) is 1.82. The highest BCUT2D eigenvalue weighted by atomic mass is 16.7. The first-order valence-electron chi connectivity index (χ1n) is 5.60. The highest BCUT2D eigenvalue weighted by molar-refractivity contribution is 5.77. The molecule has 15 heavy (non-hydrogen) atoms. The standard InChI is InChI=1S/C11H19NO3/c1-11(2,7-13)6-12-10(14)5-9(15-12)8-3-4-8/h8-9,13H,3-7H2,1-2H3. The van der Waals surface area contributed by atoms with Crippen LogP contribution in [0.25, 0.3) is 0 Å². The van der Waals surface area contributed by atoms with Crippen molar-refractivity contribution in [3.63, 3.8) is 0 Å². The van der Waals surface area contributed by atoms with E-state index in [0.29, 0.717) is 18.9 Å². The van der Waals surface area contributed by atoms with Gasteiger partial charge in [-0.3, -0.25) is 9.63 Å². The normalized spacial score (nSPS) is 27.5. The van der Waals surface area contributed by atoms with Crippen molar-refractivity contribution >= 4 is 5.91 Å². The Balaban J connectivity index is 1.90. The summed E-state index contributed by atoms with van der Waals surface area (Å²) in [5.41, 5.74) is -0.284. The Morgan fingerprint density at radius 1 is 1.53 bits per heavy atom. The van der Waals surface area contributed by atoms with Crippen LogP contribution in [-0.4, -0.2) is 35.3 Å². The van der Waals surface area contributed by atoms with Gasteiger partial charge >= 0.3 is 0 Å². The third kappa shape index (κ3) is 2.49. The molecular formula is C11H19NO3. The third-order valence-corrected chi connectivity index (χ3v) is 3.06. The van der Waals surface area contributed by atoms with Crippen LogP contribution in [0.15, 0.2) is 0 Å². The van der Waals surface area contributed by atoms with Gasteiger partial charge in [0.15, 0.2) is 0 Å². The quantitative estimate of drug-likeness (QED) is 0.756. The molecule has 0 aromatic heterocycles. The maximum atomic E-state index is 11.6. The van der Waals surface area contributed by atoms with Crippen molar-refractivity contribution in [2.75, 3.05) is 13.2 Å². The molecule has 4 nitrogen and oxygen atoms in total. The first-order valence-corrected chi connectivity index (χ1v) is 5.60. The number of carbonyl (C=O) groups is 1. The molecule has 1 aliphatic heterocycles. The molecule has 1 heterocycles. The van der Waals surface area contributed by atoms with Crippen LogP contribution in [0.3, 0.4) is 0 Å². The second-order valence-electron chi connectivity index (χ2n) is 5.44. The molecule has 0 spiro atoms. The van der Waals surface area contributed by atoms with Crippen LogP contribution in [0.1, 0.15) is 33.1 Å². The van der Waals surface area contributed by atoms with Gasteiger partial charge in [-0.25, -0.2) is 5.06 Å². The summed E-state index contributed by atoms with van der Waals surface area (Å²) in [6, 6.07) is 0. The third-order valence-electron chi connectivity index (χ3n) is 3.06. The number of aliphatic hydroxyl groups excluding tert-OH is 1. The van der Waals surface area contributed by atoms with E-state index in [1.807, 2.05) is 13.8 Å². The number of carbonyl (C=O) groups excluding carboxylic acids is 1. The minimum Gasteiger partial charge on any atom is -0.396 e. The fraction of sp³-hybridized carbons (Fsp3) is 0.909. The predicted octanol–water partition coefficient (Wildman–Crippen LogP) is 0.947. The van der Waals surface area contributed by atoms with Gasteiger partial charge in [0.1, 0.15) is 0 Å². The van der Waals surface area contributed by atoms with Crippen molar-refractivity contribution in [1.29, 1.82) is 0 Å². The van der Waals surface area contributed by atoms with Crippen LogP contribution < -0.4 is 0 Å². The van der Waals surface area contributed by atoms with E-state index in [2.05, 4.69) is 0 Å². The average molecular weight is 213 g/mol.